The Labute approximate surface area is 134 Å². The van der Waals surface area contributed by atoms with Crippen molar-refractivity contribution in [2.45, 2.75) is 38.8 Å². The normalized spacial score (nSPS) is 12.3. The molecule has 1 amide bonds. The predicted molar refractivity (Wildman–Crippen MR) is 81.8 cm³/mol. The van der Waals surface area contributed by atoms with Gasteiger partial charge < -0.3 is 19.5 Å². The summed E-state index contributed by atoms with van der Waals surface area (Å²) in [5.41, 5.74) is -0.140. The van der Waals surface area contributed by atoms with Crippen molar-refractivity contribution in [2.75, 3.05) is 14.2 Å². The zero-order valence-corrected chi connectivity index (χ0v) is 13.9. The molecule has 0 radical (unpaired) electrons. The molecule has 0 aliphatic rings. The number of hydrogen-bond acceptors (Lipinski definition) is 5. The molecule has 6 nitrogen and oxygen atoms in total. The molecule has 0 aromatic heterocycles. The summed E-state index contributed by atoms with van der Waals surface area (Å²) in [7, 11) is 2.61. The fourth-order valence-corrected chi connectivity index (χ4v) is 1.89. The van der Waals surface area contributed by atoms with E-state index >= 15 is 0 Å². The summed E-state index contributed by atoms with van der Waals surface area (Å²) in [4.78, 5) is 23.7. The van der Waals surface area contributed by atoms with Gasteiger partial charge >= 0.3 is 12.1 Å². The number of halogens is 1. The first-order chi connectivity index (χ1) is 10.7. The summed E-state index contributed by atoms with van der Waals surface area (Å²) in [6.45, 7) is 5.13. The fourth-order valence-electron chi connectivity index (χ4n) is 1.89. The van der Waals surface area contributed by atoms with Gasteiger partial charge in [0.2, 0.25) is 0 Å². The standard InChI is InChI=1S/C16H22FNO5/c1-16(2,3)23-15(20)18-12(14(19)22-5)8-10-6-7-11(17)9-13(10)21-4/h6-7,9,12H,8H2,1-5H3,(H,18,20). The van der Waals surface area contributed by atoms with Crippen LogP contribution in [0.15, 0.2) is 18.2 Å². The summed E-state index contributed by atoms with van der Waals surface area (Å²) >= 11 is 0. The number of nitrogens with one attached hydrogen (secondary N) is 1. The minimum absolute atomic E-state index is 0.0787. The molecule has 0 spiro atoms. The largest absolute Gasteiger partial charge is 0.496 e. The maximum absolute atomic E-state index is 13.2. The van der Waals surface area contributed by atoms with Crippen LogP contribution in [0.4, 0.5) is 9.18 Å². The maximum atomic E-state index is 13.2. The van der Waals surface area contributed by atoms with Crippen LogP contribution < -0.4 is 10.1 Å². The summed E-state index contributed by atoms with van der Waals surface area (Å²) in [6.07, 6.45) is -0.663. The van der Waals surface area contributed by atoms with Crippen molar-refractivity contribution in [3.05, 3.63) is 29.6 Å². The van der Waals surface area contributed by atoms with Gasteiger partial charge in [-0.1, -0.05) is 6.07 Å². The van der Waals surface area contributed by atoms with Crippen molar-refractivity contribution in [1.29, 1.82) is 0 Å². The van der Waals surface area contributed by atoms with Crippen LogP contribution in [-0.4, -0.2) is 37.9 Å². The van der Waals surface area contributed by atoms with Gasteiger partial charge in [-0.25, -0.2) is 14.0 Å². The molecule has 1 aromatic rings. The van der Waals surface area contributed by atoms with Crippen LogP contribution in [0.25, 0.3) is 0 Å². The maximum Gasteiger partial charge on any atom is 0.408 e. The molecule has 128 valence electrons. The zero-order chi connectivity index (χ0) is 17.6. The molecule has 0 aliphatic carbocycles. The number of benzene rings is 1. The van der Waals surface area contributed by atoms with Crippen molar-refractivity contribution >= 4 is 12.1 Å². The van der Waals surface area contributed by atoms with Gasteiger partial charge in [-0.15, -0.1) is 0 Å². The number of alkyl carbamates (subject to hydrolysis) is 1. The monoisotopic (exact) mass is 327 g/mol. The number of carbonyl (C=O) groups is 2. The van der Waals surface area contributed by atoms with Gasteiger partial charge in [-0.3, -0.25) is 0 Å². The van der Waals surface area contributed by atoms with Gasteiger partial charge in [0.15, 0.2) is 0 Å². The molecule has 7 heteroatoms. The number of esters is 1. The summed E-state index contributed by atoms with van der Waals surface area (Å²) in [5, 5.41) is 2.45. The molecule has 0 aliphatic heterocycles. The minimum Gasteiger partial charge on any atom is -0.496 e. The van der Waals surface area contributed by atoms with E-state index in [1.165, 1.54) is 32.4 Å². The van der Waals surface area contributed by atoms with Gasteiger partial charge in [0, 0.05) is 12.5 Å². The zero-order valence-electron chi connectivity index (χ0n) is 13.9. The molecule has 0 bridgehead atoms. The highest BCUT2D eigenvalue weighted by molar-refractivity contribution is 5.81. The first kappa shape index (κ1) is 18.7. The Bertz CT molecular complexity index is 568. The van der Waals surface area contributed by atoms with Crippen LogP contribution in [0.3, 0.4) is 0 Å². The first-order valence-electron chi connectivity index (χ1n) is 7.06. The van der Waals surface area contributed by atoms with Crippen molar-refractivity contribution in [3.8, 4) is 5.75 Å². The second-order valence-electron chi connectivity index (χ2n) is 5.88. The molecule has 1 atom stereocenters. The SMILES string of the molecule is COC(=O)C(Cc1ccc(F)cc1OC)NC(=O)OC(C)(C)C. The minimum atomic E-state index is -0.978. The van der Waals surface area contributed by atoms with Crippen LogP contribution in [0.1, 0.15) is 26.3 Å². The quantitative estimate of drug-likeness (QED) is 0.841. The third-order valence-electron chi connectivity index (χ3n) is 2.85. The molecule has 1 aromatic carbocycles. The summed E-state index contributed by atoms with van der Waals surface area (Å²) < 4.78 is 28.1. The summed E-state index contributed by atoms with van der Waals surface area (Å²) in [6, 6.07) is 2.96. The van der Waals surface area contributed by atoms with E-state index in [1.54, 1.807) is 20.8 Å². The smallest absolute Gasteiger partial charge is 0.408 e. The van der Waals surface area contributed by atoms with Gasteiger partial charge in [-0.2, -0.15) is 0 Å². The molecule has 23 heavy (non-hydrogen) atoms. The van der Waals surface area contributed by atoms with Gasteiger partial charge in [-0.05, 0) is 32.4 Å². The van der Waals surface area contributed by atoms with E-state index in [0.717, 1.165) is 0 Å². The second-order valence-corrected chi connectivity index (χ2v) is 5.88. The Morgan fingerprint density at radius 1 is 1.26 bits per heavy atom. The Kier molecular flexibility index (Phi) is 6.36. The van der Waals surface area contributed by atoms with Gasteiger partial charge in [0.25, 0.3) is 0 Å². The lowest BCUT2D eigenvalue weighted by Gasteiger charge is -2.23. The molecular weight excluding hydrogens is 305 g/mol. The Balaban J connectivity index is 2.92. The third-order valence-corrected chi connectivity index (χ3v) is 2.85. The van der Waals surface area contributed by atoms with E-state index in [1.807, 2.05) is 0 Å². The van der Waals surface area contributed by atoms with E-state index < -0.39 is 29.5 Å². The summed E-state index contributed by atoms with van der Waals surface area (Å²) in [5.74, 6) is -0.813. The number of carbonyl (C=O) groups excluding carboxylic acids is 2. The van der Waals surface area contributed by atoms with E-state index in [9.17, 15) is 14.0 Å². The lowest BCUT2D eigenvalue weighted by Crippen LogP contribution is -2.45. The highest BCUT2D eigenvalue weighted by atomic mass is 19.1. The molecule has 0 saturated carbocycles. The van der Waals surface area contributed by atoms with Crippen LogP contribution in [-0.2, 0) is 20.7 Å². The topological polar surface area (TPSA) is 73.9 Å². The average molecular weight is 327 g/mol. The number of methoxy groups -OCH3 is 2. The molecular formula is C16H22FNO5. The third kappa shape index (κ3) is 6.14. The Hall–Kier alpha value is -2.31. The van der Waals surface area contributed by atoms with Gasteiger partial charge in [0.05, 0.1) is 14.2 Å². The lowest BCUT2D eigenvalue weighted by atomic mass is 10.0. The van der Waals surface area contributed by atoms with Crippen molar-refractivity contribution in [1.82, 2.24) is 5.32 Å². The first-order valence-corrected chi connectivity index (χ1v) is 7.06. The average Bonchev–Trinajstić information content (AvgIpc) is 2.45. The number of hydrogen-bond donors (Lipinski definition) is 1. The van der Waals surface area contributed by atoms with Crippen LogP contribution in [0, 0.1) is 5.82 Å². The fraction of sp³-hybridized carbons (Fsp3) is 0.500. The molecule has 0 saturated heterocycles. The van der Waals surface area contributed by atoms with E-state index in [-0.39, 0.29) is 12.2 Å². The highest BCUT2D eigenvalue weighted by Crippen LogP contribution is 2.21. The van der Waals surface area contributed by atoms with Crippen LogP contribution in [0.5, 0.6) is 5.75 Å². The van der Waals surface area contributed by atoms with E-state index in [2.05, 4.69) is 10.1 Å². The lowest BCUT2D eigenvalue weighted by molar-refractivity contribution is -0.143. The molecule has 0 heterocycles. The predicted octanol–water partition coefficient (Wildman–Crippen LogP) is 2.44. The highest BCUT2D eigenvalue weighted by Gasteiger charge is 2.26. The van der Waals surface area contributed by atoms with Gasteiger partial charge in [0.1, 0.15) is 23.2 Å². The Morgan fingerprint density at radius 3 is 2.43 bits per heavy atom. The molecule has 0 fully saturated rings. The second kappa shape index (κ2) is 7.80. The number of rotatable bonds is 5. The van der Waals surface area contributed by atoms with Crippen molar-refractivity contribution in [2.24, 2.45) is 0 Å². The van der Waals surface area contributed by atoms with Crippen molar-refractivity contribution in [3.63, 3.8) is 0 Å². The van der Waals surface area contributed by atoms with Crippen molar-refractivity contribution < 1.29 is 28.2 Å². The molecule has 1 N–H and O–H groups in total. The Morgan fingerprint density at radius 2 is 1.91 bits per heavy atom. The van der Waals surface area contributed by atoms with Crippen LogP contribution >= 0.6 is 0 Å². The van der Waals surface area contributed by atoms with Crippen LogP contribution in [0.2, 0.25) is 0 Å². The van der Waals surface area contributed by atoms with E-state index in [4.69, 9.17) is 9.47 Å². The number of amides is 1. The molecule has 1 rings (SSSR count). The number of ether oxygens (including phenoxy) is 3. The van der Waals surface area contributed by atoms with E-state index in [0.29, 0.717) is 5.56 Å². The molecule has 1 unspecified atom stereocenters.